The first-order valence-corrected chi connectivity index (χ1v) is 9.30. The maximum absolute atomic E-state index is 13.1. The highest BCUT2D eigenvalue weighted by Crippen LogP contribution is 2.27. The summed E-state index contributed by atoms with van der Waals surface area (Å²) in [6, 6.07) is 15.0. The van der Waals surface area contributed by atoms with Crippen molar-refractivity contribution in [2.75, 3.05) is 28.4 Å². The molecule has 29 heavy (non-hydrogen) atoms. The van der Waals surface area contributed by atoms with Crippen LogP contribution >= 0.6 is 0 Å². The van der Waals surface area contributed by atoms with Gasteiger partial charge in [-0.25, -0.2) is 0 Å². The molecule has 0 heterocycles. The van der Waals surface area contributed by atoms with Crippen LogP contribution in [0.15, 0.2) is 60.7 Å². The summed E-state index contributed by atoms with van der Waals surface area (Å²) >= 11 is 0. The minimum atomic E-state index is -0.546. The fourth-order valence-electron chi connectivity index (χ4n) is 2.99. The molecule has 0 amide bonds. The third kappa shape index (κ3) is 6.04. The molecule has 0 saturated carbocycles. The molecule has 0 atom stereocenters. The number of ether oxygens (including phenoxy) is 4. The van der Waals surface area contributed by atoms with Crippen LogP contribution in [0.3, 0.4) is 0 Å². The molecule has 0 aliphatic heterocycles. The number of ketones is 1. The minimum Gasteiger partial charge on any atom is -0.497 e. The molecule has 0 radical (unpaired) electrons. The van der Waals surface area contributed by atoms with Crippen molar-refractivity contribution < 1.29 is 23.7 Å². The zero-order valence-corrected chi connectivity index (χ0v) is 17.6. The van der Waals surface area contributed by atoms with E-state index in [1.54, 1.807) is 28.4 Å². The number of benzene rings is 2. The SMILES string of the molecule is CC=C(C(=O)CC(=CC(OC)OC)c1ccc(OC)cc1)c1ccc(OC)cc1. The van der Waals surface area contributed by atoms with E-state index in [1.807, 2.05) is 67.6 Å². The lowest BCUT2D eigenvalue weighted by Gasteiger charge is -2.15. The fraction of sp³-hybridized carbons (Fsp3) is 0.292. The molecule has 0 aromatic heterocycles. The van der Waals surface area contributed by atoms with Crippen LogP contribution in [0.4, 0.5) is 0 Å². The van der Waals surface area contributed by atoms with Crippen molar-refractivity contribution in [1.82, 2.24) is 0 Å². The van der Waals surface area contributed by atoms with Crippen LogP contribution in [-0.4, -0.2) is 40.5 Å². The van der Waals surface area contributed by atoms with Crippen molar-refractivity contribution in [2.24, 2.45) is 0 Å². The van der Waals surface area contributed by atoms with E-state index >= 15 is 0 Å². The van der Waals surface area contributed by atoms with E-state index in [-0.39, 0.29) is 12.2 Å². The van der Waals surface area contributed by atoms with Gasteiger partial charge in [0.25, 0.3) is 0 Å². The van der Waals surface area contributed by atoms with E-state index in [0.717, 1.165) is 28.2 Å². The highest BCUT2D eigenvalue weighted by atomic mass is 16.7. The molecule has 0 aliphatic carbocycles. The van der Waals surface area contributed by atoms with Gasteiger partial charge in [0, 0.05) is 26.2 Å². The number of carbonyl (C=O) groups excluding carboxylic acids is 1. The topological polar surface area (TPSA) is 54.0 Å². The zero-order chi connectivity index (χ0) is 21.2. The van der Waals surface area contributed by atoms with Gasteiger partial charge in [0.15, 0.2) is 12.1 Å². The number of hydrogen-bond acceptors (Lipinski definition) is 5. The predicted octanol–water partition coefficient (Wildman–Crippen LogP) is 4.77. The first-order valence-electron chi connectivity index (χ1n) is 9.30. The van der Waals surface area contributed by atoms with Crippen molar-refractivity contribution >= 4 is 16.9 Å². The molecule has 0 saturated heterocycles. The van der Waals surface area contributed by atoms with Crippen molar-refractivity contribution in [3.8, 4) is 11.5 Å². The molecule has 2 aromatic rings. The lowest BCUT2D eigenvalue weighted by Crippen LogP contribution is -2.11. The van der Waals surface area contributed by atoms with Gasteiger partial charge in [-0.3, -0.25) is 4.79 Å². The van der Waals surface area contributed by atoms with Gasteiger partial charge in [0.2, 0.25) is 0 Å². The predicted molar refractivity (Wildman–Crippen MR) is 115 cm³/mol. The lowest BCUT2D eigenvalue weighted by atomic mass is 9.93. The highest BCUT2D eigenvalue weighted by Gasteiger charge is 2.16. The van der Waals surface area contributed by atoms with Crippen molar-refractivity contribution in [1.29, 1.82) is 0 Å². The van der Waals surface area contributed by atoms with E-state index in [9.17, 15) is 4.79 Å². The Morgan fingerprint density at radius 1 is 0.828 bits per heavy atom. The summed E-state index contributed by atoms with van der Waals surface area (Å²) in [4.78, 5) is 13.1. The second kappa shape index (κ2) is 11.2. The molecule has 2 aromatic carbocycles. The third-order valence-electron chi connectivity index (χ3n) is 4.60. The molecule has 0 bridgehead atoms. The summed E-state index contributed by atoms with van der Waals surface area (Å²) in [6.45, 7) is 1.86. The third-order valence-corrected chi connectivity index (χ3v) is 4.60. The van der Waals surface area contributed by atoms with E-state index < -0.39 is 6.29 Å². The molecule has 0 spiro atoms. The molecule has 5 heteroatoms. The Morgan fingerprint density at radius 2 is 1.31 bits per heavy atom. The van der Waals surface area contributed by atoms with Gasteiger partial charge in [-0.05, 0) is 54.0 Å². The Hall–Kier alpha value is -2.89. The molecule has 2 rings (SSSR count). The van der Waals surface area contributed by atoms with Gasteiger partial charge in [0.1, 0.15) is 11.5 Å². The van der Waals surface area contributed by atoms with Crippen LogP contribution in [0.2, 0.25) is 0 Å². The summed E-state index contributed by atoms with van der Waals surface area (Å²) in [5.41, 5.74) is 3.23. The first-order chi connectivity index (χ1) is 14.1. The van der Waals surface area contributed by atoms with Gasteiger partial charge < -0.3 is 18.9 Å². The van der Waals surface area contributed by atoms with Crippen LogP contribution < -0.4 is 9.47 Å². The van der Waals surface area contributed by atoms with Gasteiger partial charge in [-0.15, -0.1) is 0 Å². The smallest absolute Gasteiger partial charge is 0.176 e. The van der Waals surface area contributed by atoms with Gasteiger partial charge in [-0.1, -0.05) is 30.3 Å². The number of hydrogen-bond donors (Lipinski definition) is 0. The normalized spacial score (nSPS) is 12.2. The molecule has 5 nitrogen and oxygen atoms in total. The summed E-state index contributed by atoms with van der Waals surface area (Å²) in [5, 5.41) is 0. The Balaban J connectivity index is 2.33. The second-order valence-corrected chi connectivity index (χ2v) is 6.29. The first kappa shape index (κ1) is 22.4. The summed E-state index contributed by atoms with van der Waals surface area (Å²) < 4.78 is 21.1. The number of Topliss-reactive ketones (excluding diaryl/α,β-unsaturated/α-hetero) is 1. The number of carbonyl (C=O) groups is 1. The standard InChI is InChI=1S/C24H28O5/c1-6-22(18-9-13-21(27-3)14-10-18)23(25)15-19(16-24(28-4)29-5)17-7-11-20(26-2)12-8-17/h6-14,16,24H,15H2,1-5H3. The molecule has 0 aliphatic rings. The van der Waals surface area contributed by atoms with Crippen molar-refractivity contribution in [3.05, 3.63) is 71.8 Å². The lowest BCUT2D eigenvalue weighted by molar-refractivity contribution is -0.112. The fourth-order valence-corrected chi connectivity index (χ4v) is 2.99. The van der Waals surface area contributed by atoms with Crippen LogP contribution in [0.25, 0.3) is 11.1 Å². The highest BCUT2D eigenvalue weighted by molar-refractivity contribution is 6.23. The van der Waals surface area contributed by atoms with Crippen LogP contribution in [-0.2, 0) is 14.3 Å². The second-order valence-electron chi connectivity index (χ2n) is 6.29. The average molecular weight is 396 g/mol. The molecular formula is C24H28O5. The monoisotopic (exact) mass is 396 g/mol. The van der Waals surface area contributed by atoms with Crippen molar-refractivity contribution in [3.63, 3.8) is 0 Å². The molecular weight excluding hydrogens is 368 g/mol. The molecule has 0 N–H and O–H groups in total. The van der Waals surface area contributed by atoms with Crippen molar-refractivity contribution in [2.45, 2.75) is 19.6 Å². The van der Waals surface area contributed by atoms with E-state index in [2.05, 4.69) is 0 Å². The summed E-state index contributed by atoms with van der Waals surface area (Å²) in [6.07, 6.45) is 3.32. The Labute approximate surface area is 172 Å². The van der Waals surface area contributed by atoms with Gasteiger partial charge in [0.05, 0.1) is 14.2 Å². The van der Waals surface area contributed by atoms with Crippen LogP contribution in [0.1, 0.15) is 24.5 Å². The van der Waals surface area contributed by atoms with Crippen LogP contribution in [0, 0.1) is 0 Å². The van der Waals surface area contributed by atoms with Gasteiger partial charge in [-0.2, -0.15) is 0 Å². The number of rotatable bonds is 10. The Kier molecular flexibility index (Phi) is 8.65. The zero-order valence-electron chi connectivity index (χ0n) is 17.6. The van der Waals surface area contributed by atoms with E-state index in [0.29, 0.717) is 5.57 Å². The van der Waals surface area contributed by atoms with E-state index in [1.165, 1.54) is 0 Å². The maximum atomic E-state index is 13.1. The number of methoxy groups -OCH3 is 4. The van der Waals surface area contributed by atoms with Crippen LogP contribution in [0.5, 0.6) is 11.5 Å². The average Bonchev–Trinajstić information content (AvgIpc) is 2.77. The minimum absolute atomic E-state index is 0.00527. The Morgan fingerprint density at radius 3 is 1.72 bits per heavy atom. The Bertz CT molecular complexity index is 844. The van der Waals surface area contributed by atoms with Gasteiger partial charge >= 0.3 is 0 Å². The summed E-state index contributed by atoms with van der Waals surface area (Å²) in [7, 11) is 6.36. The quantitative estimate of drug-likeness (QED) is 0.428. The maximum Gasteiger partial charge on any atom is 0.176 e. The molecule has 0 unspecified atom stereocenters. The summed E-state index contributed by atoms with van der Waals surface area (Å²) in [5.74, 6) is 1.51. The number of allylic oxidation sites excluding steroid dienone is 3. The largest absolute Gasteiger partial charge is 0.497 e. The molecule has 0 fully saturated rings. The van der Waals surface area contributed by atoms with E-state index in [4.69, 9.17) is 18.9 Å². The molecule has 154 valence electrons.